The quantitative estimate of drug-likeness (QED) is 0.859. The number of halogens is 1. The molecule has 4 rings (SSSR count). The van der Waals surface area contributed by atoms with Crippen LogP contribution in [0.25, 0.3) is 0 Å². The summed E-state index contributed by atoms with van der Waals surface area (Å²) in [6.07, 6.45) is 7.04. The molecule has 1 atom stereocenters. The minimum atomic E-state index is -0.169. The van der Waals surface area contributed by atoms with Crippen LogP contribution in [0.5, 0.6) is 0 Å². The first-order valence-electron chi connectivity index (χ1n) is 8.73. The van der Waals surface area contributed by atoms with Gasteiger partial charge in [-0.15, -0.1) is 0 Å². The zero-order chi connectivity index (χ0) is 16.4. The smallest absolute Gasteiger partial charge is 0.123 e. The summed E-state index contributed by atoms with van der Waals surface area (Å²) in [6.45, 7) is 3.78. The standard InChI is InChI=1S/C20H23FN2O/c21-19-5-3-16(4-6-19)14-23-10-7-20(8-11-23)12-18(15-24-20)17-2-1-9-22-13-17/h1-6,9,13,18H,7-8,10-12,14-15H2. The van der Waals surface area contributed by atoms with Gasteiger partial charge in [0.15, 0.2) is 0 Å². The second-order valence-electron chi connectivity index (χ2n) is 7.08. The Balaban J connectivity index is 1.34. The van der Waals surface area contributed by atoms with E-state index in [1.807, 2.05) is 30.6 Å². The van der Waals surface area contributed by atoms with Crippen LogP contribution in [0.1, 0.15) is 36.3 Å². The van der Waals surface area contributed by atoms with Crippen LogP contribution in [0.2, 0.25) is 0 Å². The van der Waals surface area contributed by atoms with Gasteiger partial charge in [-0.3, -0.25) is 9.88 Å². The third-order valence-electron chi connectivity index (χ3n) is 5.45. The predicted molar refractivity (Wildman–Crippen MR) is 91.2 cm³/mol. The molecule has 4 heteroatoms. The van der Waals surface area contributed by atoms with Crippen molar-refractivity contribution in [1.82, 2.24) is 9.88 Å². The lowest BCUT2D eigenvalue weighted by Crippen LogP contribution is -2.43. The topological polar surface area (TPSA) is 25.4 Å². The second kappa shape index (κ2) is 6.61. The molecule has 2 aromatic rings. The maximum absolute atomic E-state index is 13.0. The van der Waals surface area contributed by atoms with Crippen LogP contribution in [0, 0.1) is 5.82 Å². The first kappa shape index (κ1) is 15.7. The lowest BCUT2D eigenvalue weighted by Gasteiger charge is -2.38. The number of piperidine rings is 1. The van der Waals surface area contributed by atoms with E-state index in [4.69, 9.17) is 4.74 Å². The summed E-state index contributed by atoms with van der Waals surface area (Å²) < 4.78 is 19.3. The van der Waals surface area contributed by atoms with Gasteiger partial charge in [0.2, 0.25) is 0 Å². The normalized spacial score (nSPS) is 23.6. The largest absolute Gasteiger partial charge is 0.374 e. The summed E-state index contributed by atoms with van der Waals surface area (Å²) in [4.78, 5) is 6.68. The molecular weight excluding hydrogens is 303 g/mol. The van der Waals surface area contributed by atoms with E-state index < -0.39 is 0 Å². The lowest BCUT2D eigenvalue weighted by molar-refractivity contribution is -0.0448. The molecule has 1 aromatic carbocycles. The molecule has 3 heterocycles. The molecular formula is C20H23FN2O. The van der Waals surface area contributed by atoms with Crippen molar-refractivity contribution in [2.24, 2.45) is 0 Å². The Hall–Kier alpha value is -1.78. The van der Waals surface area contributed by atoms with E-state index in [1.165, 1.54) is 11.1 Å². The minimum absolute atomic E-state index is 0.0415. The van der Waals surface area contributed by atoms with Gasteiger partial charge in [0, 0.05) is 37.9 Å². The molecule has 1 spiro atoms. The minimum Gasteiger partial charge on any atom is -0.374 e. The van der Waals surface area contributed by atoms with Gasteiger partial charge in [0.1, 0.15) is 5.82 Å². The fraction of sp³-hybridized carbons (Fsp3) is 0.450. The van der Waals surface area contributed by atoms with Crippen LogP contribution >= 0.6 is 0 Å². The number of benzene rings is 1. The zero-order valence-corrected chi connectivity index (χ0v) is 13.8. The van der Waals surface area contributed by atoms with Gasteiger partial charge in [-0.1, -0.05) is 18.2 Å². The average molecular weight is 326 g/mol. The van der Waals surface area contributed by atoms with E-state index in [1.54, 1.807) is 12.1 Å². The molecule has 2 saturated heterocycles. The highest BCUT2D eigenvalue weighted by molar-refractivity contribution is 5.19. The van der Waals surface area contributed by atoms with E-state index in [-0.39, 0.29) is 11.4 Å². The molecule has 0 saturated carbocycles. The van der Waals surface area contributed by atoms with Gasteiger partial charge in [-0.05, 0) is 48.6 Å². The third-order valence-corrected chi connectivity index (χ3v) is 5.45. The SMILES string of the molecule is Fc1ccc(CN2CCC3(CC2)CC(c2cccnc2)CO3)cc1. The van der Waals surface area contributed by atoms with Crippen molar-refractivity contribution < 1.29 is 9.13 Å². The summed E-state index contributed by atoms with van der Waals surface area (Å²) in [7, 11) is 0. The monoisotopic (exact) mass is 326 g/mol. The van der Waals surface area contributed by atoms with Crippen LogP contribution in [0.4, 0.5) is 4.39 Å². The molecule has 0 N–H and O–H groups in total. The van der Waals surface area contributed by atoms with Gasteiger partial charge >= 0.3 is 0 Å². The molecule has 3 nitrogen and oxygen atoms in total. The molecule has 0 amide bonds. The molecule has 0 aliphatic carbocycles. The van der Waals surface area contributed by atoms with Crippen molar-refractivity contribution in [2.45, 2.75) is 37.3 Å². The van der Waals surface area contributed by atoms with E-state index in [9.17, 15) is 4.39 Å². The Morgan fingerprint density at radius 1 is 1.17 bits per heavy atom. The van der Waals surface area contributed by atoms with Crippen molar-refractivity contribution in [3.8, 4) is 0 Å². The fourth-order valence-electron chi connectivity index (χ4n) is 3.99. The summed E-state index contributed by atoms with van der Waals surface area (Å²) >= 11 is 0. The van der Waals surface area contributed by atoms with E-state index >= 15 is 0 Å². The summed E-state index contributed by atoms with van der Waals surface area (Å²) in [6, 6.07) is 11.0. The zero-order valence-electron chi connectivity index (χ0n) is 13.8. The Morgan fingerprint density at radius 2 is 1.96 bits per heavy atom. The number of hydrogen-bond acceptors (Lipinski definition) is 3. The molecule has 0 bridgehead atoms. The molecule has 2 aliphatic rings. The molecule has 0 radical (unpaired) electrons. The Bertz CT molecular complexity index is 666. The van der Waals surface area contributed by atoms with Gasteiger partial charge in [0.05, 0.1) is 12.2 Å². The molecule has 24 heavy (non-hydrogen) atoms. The maximum atomic E-state index is 13.0. The van der Waals surface area contributed by atoms with Crippen LogP contribution in [-0.4, -0.2) is 35.2 Å². The van der Waals surface area contributed by atoms with E-state index in [0.717, 1.165) is 45.5 Å². The van der Waals surface area contributed by atoms with Crippen molar-refractivity contribution in [3.05, 3.63) is 65.7 Å². The molecule has 1 unspecified atom stereocenters. The van der Waals surface area contributed by atoms with Crippen LogP contribution in [0.3, 0.4) is 0 Å². The van der Waals surface area contributed by atoms with Gasteiger partial charge in [0.25, 0.3) is 0 Å². The fourth-order valence-corrected chi connectivity index (χ4v) is 3.99. The molecule has 126 valence electrons. The highest BCUT2D eigenvalue weighted by atomic mass is 19.1. The van der Waals surface area contributed by atoms with Crippen LogP contribution < -0.4 is 0 Å². The molecule has 1 aromatic heterocycles. The van der Waals surface area contributed by atoms with Crippen LogP contribution in [0.15, 0.2) is 48.8 Å². The average Bonchev–Trinajstić information content (AvgIpc) is 3.04. The van der Waals surface area contributed by atoms with Crippen molar-refractivity contribution in [3.63, 3.8) is 0 Å². The van der Waals surface area contributed by atoms with Gasteiger partial charge in [-0.25, -0.2) is 4.39 Å². The number of hydrogen-bond donors (Lipinski definition) is 0. The predicted octanol–water partition coefficient (Wildman–Crippen LogP) is 3.76. The molecule has 2 aliphatic heterocycles. The number of rotatable bonds is 3. The number of ether oxygens (including phenoxy) is 1. The number of pyridine rings is 1. The van der Waals surface area contributed by atoms with Crippen molar-refractivity contribution in [1.29, 1.82) is 0 Å². The highest BCUT2D eigenvalue weighted by Crippen LogP contribution is 2.42. The van der Waals surface area contributed by atoms with E-state index in [2.05, 4.69) is 16.0 Å². The second-order valence-corrected chi connectivity index (χ2v) is 7.08. The van der Waals surface area contributed by atoms with Gasteiger partial charge < -0.3 is 4.74 Å². The third kappa shape index (κ3) is 3.35. The van der Waals surface area contributed by atoms with Crippen molar-refractivity contribution >= 4 is 0 Å². The summed E-state index contributed by atoms with van der Waals surface area (Å²) in [5.74, 6) is 0.305. The summed E-state index contributed by atoms with van der Waals surface area (Å²) in [5.41, 5.74) is 2.51. The Kier molecular flexibility index (Phi) is 4.33. The lowest BCUT2D eigenvalue weighted by atomic mass is 9.83. The number of likely N-dealkylation sites (tertiary alicyclic amines) is 1. The van der Waals surface area contributed by atoms with Crippen molar-refractivity contribution in [2.75, 3.05) is 19.7 Å². The molecule has 2 fully saturated rings. The maximum Gasteiger partial charge on any atom is 0.123 e. The number of aromatic nitrogens is 1. The Morgan fingerprint density at radius 3 is 2.67 bits per heavy atom. The van der Waals surface area contributed by atoms with E-state index in [0.29, 0.717) is 5.92 Å². The first-order valence-corrected chi connectivity index (χ1v) is 8.73. The number of nitrogens with zero attached hydrogens (tertiary/aromatic N) is 2. The van der Waals surface area contributed by atoms with Crippen LogP contribution in [-0.2, 0) is 11.3 Å². The first-order chi connectivity index (χ1) is 11.7. The highest BCUT2D eigenvalue weighted by Gasteiger charge is 2.42. The summed E-state index contributed by atoms with van der Waals surface area (Å²) in [5, 5.41) is 0. The van der Waals surface area contributed by atoms with Gasteiger partial charge in [-0.2, -0.15) is 0 Å². The Labute approximate surface area is 142 Å².